The topological polar surface area (TPSA) is 103 Å². The molecule has 7 nitrogen and oxygen atoms in total. The van der Waals surface area contributed by atoms with E-state index in [1.807, 2.05) is 54.2 Å². The molecule has 10 heteroatoms. The lowest BCUT2D eigenvalue weighted by Gasteiger charge is -2.26. The van der Waals surface area contributed by atoms with Gasteiger partial charge in [0.25, 0.3) is 0 Å². The Hall–Kier alpha value is -2.65. The second-order valence-corrected chi connectivity index (χ2v) is 10.1. The maximum Gasteiger partial charge on any atom is 0.328 e. The molecule has 0 amide bonds. The third kappa shape index (κ3) is 8.78. The molecule has 0 saturated carbocycles. The zero-order valence-electron chi connectivity index (χ0n) is 19.6. The first kappa shape index (κ1) is 27.9. The normalized spacial score (nSPS) is 15.7. The van der Waals surface area contributed by atoms with Crippen molar-refractivity contribution in [2.24, 2.45) is 9.98 Å². The smallest absolute Gasteiger partial charge is 0.328 e. The minimum atomic E-state index is -1.26. The fourth-order valence-electron chi connectivity index (χ4n) is 3.78. The van der Waals surface area contributed by atoms with Crippen molar-refractivity contribution in [1.29, 1.82) is 0 Å². The summed E-state index contributed by atoms with van der Waals surface area (Å²) in [7, 11) is 0. The van der Waals surface area contributed by atoms with Gasteiger partial charge in [0.1, 0.15) is 0 Å². The number of benzene rings is 2. The zero-order chi connectivity index (χ0) is 25.9. The number of halogens is 2. The second kappa shape index (κ2) is 14.2. The van der Waals surface area contributed by atoms with Gasteiger partial charge in [0.05, 0.1) is 23.0 Å². The van der Waals surface area contributed by atoms with Gasteiger partial charge in [-0.3, -0.25) is 4.99 Å². The molecule has 0 atom stereocenters. The molecule has 190 valence electrons. The van der Waals surface area contributed by atoms with Crippen molar-refractivity contribution in [3.8, 4) is 0 Å². The number of carboxylic acid groups (broad SMARTS) is 2. The van der Waals surface area contributed by atoms with Crippen LogP contribution < -0.4 is 0 Å². The lowest BCUT2D eigenvalue weighted by atomic mass is 10.0. The van der Waals surface area contributed by atoms with Crippen LogP contribution >= 0.6 is 35.0 Å². The first-order chi connectivity index (χ1) is 17.3. The van der Waals surface area contributed by atoms with E-state index in [0.29, 0.717) is 28.7 Å². The average molecular weight is 548 g/mol. The van der Waals surface area contributed by atoms with Gasteiger partial charge < -0.3 is 15.1 Å². The molecule has 0 unspecified atom stereocenters. The van der Waals surface area contributed by atoms with Crippen molar-refractivity contribution in [2.75, 3.05) is 31.9 Å². The summed E-state index contributed by atoms with van der Waals surface area (Å²) < 4.78 is 0. The zero-order valence-corrected chi connectivity index (χ0v) is 21.9. The summed E-state index contributed by atoms with van der Waals surface area (Å²) in [5, 5.41) is 18.0. The van der Waals surface area contributed by atoms with E-state index >= 15 is 0 Å². The van der Waals surface area contributed by atoms with Gasteiger partial charge in [0, 0.05) is 45.6 Å². The summed E-state index contributed by atoms with van der Waals surface area (Å²) in [4.78, 5) is 31.5. The van der Waals surface area contributed by atoms with Crippen molar-refractivity contribution >= 4 is 63.3 Å². The molecular weight excluding hydrogens is 521 g/mol. The molecule has 2 heterocycles. The van der Waals surface area contributed by atoms with Crippen LogP contribution in [0, 0.1) is 0 Å². The van der Waals surface area contributed by atoms with Gasteiger partial charge in [-0.15, -0.1) is 11.8 Å². The Labute approximate surface area is 224 Å². The van der Waals surface area contributed by atoms with E-state index in [1.165, 1.54) is 32.4 Å². The molecule has 1 saturated heterocycles. The molecule has 1 fully saturated rings. The maximum absolute atomic E-state index is 9.55. The first-order valence-electron chi connectivity index (χ1n) is 11.5. The second-order valence-electron chi connectivity index (χ2n) is 8.07. The molecule has 2 aliphatic heterocycles. The maximum atomic E-state index is 9.55. The number of rotatable bonds is 6. The number of likely N-dealkylation sites (tertiary alicyclic amines) is 1. The molecule has 36 heavy (non-hydrogen) atoms. The average Bonchev–Trinajstić information content (AvgIpc) is 3.03. The molecule has 2 aliphatic rings. The summed E-state index contributed by atoms with van der Waals surface area (Å²) in [6.45, 7) is 4.13. The van der Waals surface area contributed by atoms with Crippen molar-refractivity contribution < 1.29 is 19.8 Å². The first-order valence-corrected chi connectivity index (χ1v) is 13.2. The van der Waals surface area contributed by atoms with Crippen molar-refractivity contribution in [2.45, 2.75) is 19.3 Å². The van der Waals surface area contributed by atoms with Gasteiger partial charge >= 0.3 is 11.9 Å². The van der Waals surface area contributed by atoms with Gasteiger partial charge in [-0.2, -0.15) is 0 Å². The van der Waals surface area contributed by atoms with Crippen LogP contribution in [-0.2, 0) is 9.59 Å². The Balaban J connectivity index is 0.000000392. The van der Waals surface area contributed by atoms with Crippen LogP contribution in [0.4, 0.5) is 5.69 Å². The van der Waals surface area contributed by atoms with Crippen LogP contribution in [0.1, 0.15) is 30.4 Å². The molecular formula is C26H27Cl2N3O4S. The molecule has 2 aromatic rings. The van der Waals surface area contributed by atoms with Gasteiger partial charge in [0.2, 0.25) is 0 Å². The van der Waals surface area contributed by atoms with E-state index in [9.17, 15) is 9.59 Å². The number of aliphatic imine (C=N–C) groups is 2. The number of fused-ring (bicyclic) bond motifs is 1. The van der Waals surface area contributed by atoms with Crippen molar-refractivity contribution in [1.82, 2.24) is 4.90 Å². The monoisotopic (exact) mass is 547 g/mol. The fraction of sp³-hybridized carbons (Fsp3) is 0.308. The number of nitrogens with zero attached hydrogens (tertiary/aromatic N) is 3. The quantitative estimate of drug-likeness (QED) is 0.442. The third-order valence-electron chi connectivity index (χ3n) is 5.45. The van der Waals surface area contributed by atoms with Crippen molar-refractivity contribution in [3.05, 3.63) is 75.8 Å². The van der Waals surface area contributed by atoms with E-state index in [-0.39, 0.29) is 0 Å². The predicted molar refractivity (Wildman–Crippen MR) is 148 cm³/mol. The molecule has 0 spiro atoms. The van der Waals surface area contributed by atoms with E-state index in [4.69, 9.17) is 43.4 Å². The molecule has 0 radical (unpaired) electrons. The van der Waals surface area contributed by atoms with E-state index in [0.717, 1.165) is 39.9 Å². The van der Waals surface area contributed by atoms with E-state index < -0.39 is 11.9 Å². The molecule has 2 N–H and O–H groups in total. The number of hydrogen-bond acceptors (Lipinski definition) is 6. The Morgan fingerprint density at radius 1 is 0.972 bits per heavy atom. The fourth-order valence-corrected chi connectivity index (χ4v) is 5.08. The highest BCUT2D eigenvalue weighted by Gasteiger charge is 2.19. The Morgan fingerprint density at radius 3 is 2.33 bits per heavy atom. The SMILES string of the molecule is Clc1ccc2c(c1)C(c1ccccc1Cl)=NCC(SCCN1CCCCC1)=N2.O=C(O)/C=C/C(=O)O. The number of carboxylic acids is 2. The summed E-state index contributed by atoms with van der Waals surface area (Å²) in [5.74, 6) is -1.47. The lowest BCUT2D eigenvalue weighted by Crippen LogP contribution is -2.31. The van der Waals surface area contributed by atoms with Gasteiger partial charge in [-0.05, 0) is 50.2 Å². The number of thioether (sulfide) groups is 1. The largest absolute Gasteiger partial charge is 0.478 e. The molecule has 0 aromatic heterocycles. The minimum absolute atomic E-state index is 0.558. The van der Waals surface area contributed by atoms with Gasteiger partial charge in [-0.1, -0.05) is 47.8 Å². The molecule has 2 aromatic carbocycles. The van der Waals surface area contributed by atoms with Crippen LogP contribution in [0.25, 0.3) is 0 Å². The van der Waals surface area contributed by atoms with Crippen LogP contribution in [0.15, 0.2) is 64.6 Å². The van der Waals surface area contributed by atoms with Crippen LogP contribution in [0.5, 0.6) is 0 Å². The van der Waals surface area contributed by atoms with Crippen molar-refractivity contribution in [3.63, 3.8) is 0 Å². The lowest BCUT2D eigenvalue weighted by molar-refractivity contribution is -0.134. The summed E-state index contributed by atoms with van der Waals surface area (Å²) in [6, 6.07) is 13.6. The number of hydrogen-bond donors (Lipinski definition) is 2. The number of aliphatic carboxylic acids is 2. The summed E-state index contributed by atoms with van der Waals surface area (Å²) in [5.41, 5.74) is 3.62. The summed E-state index contributed by atoms with van der Waals surface area (Å²) >= 11 is 14.6. The Kier molecular flexibility index (Phi) is 11.0. The molecule has 0 aliphatic carbocycles. The minimum Gasteiger partial charge on any atom is -0.478 e. The van der Waals surface area contributed by atoms with Crippen LogP contribution in [0.3, 0.4) is 0 Å². The highest BCUT2D eigenvalue weighted by molar-refractivity contribution is 8.14. The standard InChI is InChI=1S/C22H23Cl2N3S.C4H4O4/c23-16-8-9-20-18(14-16)22(17-6-2-3-7-19(17)24)25-15-21(26-20)28-13-12-27-10-4-1-5-11-27;5-3(6)1-2-4(7)8/h2-3,6-9,14H,1,4-5,10-13,15H2;1-2H,(H,5,6)(H,7,8)/b;2-1+. The highest BCUT2D eigenvalue weighted by atomic mass is 35.5. The van der Waals surface area contributed by atoms with E-state index in [2.05, 4.69) is 4.90 Å². The van der Waals surface area contributed by atoms with Crippen LogP contribution in [0.2, 0.25) is 10.0 Å². The molecule has 4 rings (SSSR count). The Bertz CT molecular complexity index is 1160. The Morgan fingerprint density at radius 2 is 1.67 bits per heavy atom. The van der Waals surface area contributed by atoms with Gasteiger partial charge in [-0.25, -0.2) is 14.6 Å². The van der Waals surface area contributed by atoms with Crippen LogP contribution in [-0.4, -0.2) is 69.7 Å². The van der Waals surface area contributed by atoms with Gasteiger partial charge in [0.15, 0.2) is 0 Å². The number of piperidine rings is 1. The number of carbonyl (C=O) groups is 2. The summed E-state index contributed by atoms with van der Waals surface area (Å²) in [6.07, 6.45) is 5.14. The highest BCUT2D eigenvalue weighted by Crippen LogP contribution is 2.31. The third-order valence-corrected chi connectivity index (χ3v) is 6.96. The predicted octanol–water partition coefficient (Wildman–Crippen LogP) is 5.81. The molecule has 0 bridgehead atoms. The van der Waals surface area contributed by atoms with E-state index in [1.54, 1.807) is 0 Å².